The molecule has 5 nitrogen and oxygen atoms in total. The summed E-state index contributed by atoms with van der Waals surface area (Å²) in [6.07, 6.45) is 5.36. The summed E-state index contributed by atoms with van der Waals surface area (Å²) in [5.41, 5.74) is 3.36. The van der Waals surface area contributed by atoms with Gasteiger partial charge in [-0.3, -0.25) is 9.69 Å². The number of likely N-dealkylation sites (tertiary alicyclic amines) is 1. The van der Waals surface area contributed by atoms with E-state index in [4.69, 9.17) is 0 Å². The number of carbonyl (C=O) groups excluding carboxylic acids is 1. The Morgan fingerprint density at radius 2 is 1.83 bits per heavy atom. The van der Waals surface area contributed by atoms with Gasteiger partial charge in [0.25, 0.3) is 5.91 Å². The first-order chi connectivity index (χ1) is 14.5. The van der Waals surface area contributed by atoms with Crippen LogP contribution in [0.4, 0.5) is 8.78 Å². The third kappa shape index (κ3) is 4.74. The largest absolute Gasteiger partial charge is 0.349 e. The fraction of sp³-hybridized carbons (Fsp3) is 0.304. The molecule has 1 aliphatic rings. The second-order valence-corrected chi connectivity index (χ2v) is 7.78. The lowest BCUT2D eigenvalue weighted by molar-refractivity contribution is 0.0909. The van der Waals surface area contributed by atoms with Crippen molar-refractivity contribution >= 4 is 5.91 Å². The Labute approximate surface area is 174 Å². The Hall–Kier alpha value is -3.06. The second-order valence-electron chi connectivity index (χ2n) is 7.78. The molecule has 0 unspecified atom stereocenters. The van der Waals surface area contributed by atoms with E-state index in [-0.39, 0.29) is 11.9 Å². The number of carbonyl (C=O) groups is 1. The maximum atomic E-state index is 13.4. The van der Waals surface area contributed by atoms with Crippen molar-refractivity contribution in [2.75, 3.05) is 13.1 Å². The number of hydrogen-bond donors (Lipinski definition) is 1. The molecule has 7 heteroatoms. The minimum absolute atomic E-state index is 0.0859. The van der Waals surface area contributed by atoms with Crippen molar-refractivity contribution in [3.8, 4) is 5.69 Å². The van der Waals surface area contributed by atoms with Gasteiger partial charge in [0, 0.05) is 37.4 Å². The summed E-state index contributed by atoms with van der Waals surface area (Å²) in [4.78, 5) is 14.8. The predicted octanol–water partition coefficient (Wildman–Crippen LogP) is 3.85. The molecule has 1 aromatic heterocycles. The molecule has 3 aromatic rings. The molecule has 0 spiro atoms. The number of nitrogens with zero attached hydrogens (tertiary/aromatic N) is 3. The van der Waals surface area contributed by atoms with Gasteiger partial charge in [-0.15, -0.1) is 0 Å². The lowest BCUT2D eigenvalue weighted by Crippen LogP contribution is -2.44. The van der Waals surface area contributed by atoms with E-state index < -0.39 is 11.6 Å². The highest BCUT2D eigenvalue weighted by Crippen LogP contribution is 2.17. The maximum absolute atomic E-state index is 13.4. The number of nitrogens with one attached hydrogen (secondary N) is 1. The summed E-state index contributed by atoms with van der Waals surface area (Å²) in [5, 5.41) is 7.37. The molecule has 0 saturated carbocycles. The van der Waals surface area contributed by atoms with E-state index in [9.17, 15) is 13.6 Å². The molecule has 1 amide bonds. The van der Waals surface area contributed by atoms with Crippen molar-refractivity contribution in [3.63, 3.8) is 0 Å². The number of piperidine rings is 1. The first-order valence-electron chi connectivity index (χ1n) is 10.1. The lowest BCUT2D eigenvalue weighted by atomic mass is 10.0. The van der Waals surface area contributed by atoms with Crippen molar-refractivity contribution in [3.05, 3.63) is 83.2 Å². The van der Waals surface area contributed by atoms with Gasteiger partial charge in [0.2, 0.25) is 0 Å². The van der Waals surface area contributed by atoms with Crippen LogP contribution in [0.3, 0.4) is 0 Å². The average molecular weight is 410 g/mol. The molecule has 1 N–H and O–H groups in total. The van der Waals surface area contributed by atoms with Crippen molar-refractivity contribution in [1.29, 1.82) is 0 Å². The van der Waals surface area contributed by atoms with Crippen molar-refractivity contribution in [2.45, 2.75) is 32.4 Å². The van der Waals surface area contributed by atoms with Gasteiger partial charge in [-0.1, -0.05) is 6.07 Å². The van der Waals surface area contributed by atoms with E-state index in [1.807, 2.05) is 25.3 Å². The molecule has 0 bridgehead atoms. The Bertz CT molecular complexity index is 1020. The van der Waals surface area contributed by atoms with Gasteiger partial charge in [-0.2, -0.15) is 5.10 Å². The number of benzene rings is 2. The van der Waals surface area contributed by atoms with Crippen LogP contribution in [0.25, 0.3) is 5.69 Å². The Morgan fingerprint density at radius 1 is 1.10 bits per heavy atom. The molecule has 0 radical (unpaired) electrons. The van der Waals surface area contributed by atoms with E-state index in [0.717, 1.165) is 48.8 Å². The number of hydrogen-bond acceptors (Lipinski definition) is 3. The molecule has 2 heterocycles. The highest BCUT2D eigenvalue weighted by molar-refractivity contribution is 5.94. The van der Waals surface area contributed by atoms with Gasteiger partial charge in [0.15, 0.2) is 11.6 Å². The quantitative estimate of drug-likeness (QED) is 0.695. The van der Waals surface area contributed by atoms with Crippen LogP contribution in [0.5, 0.6) is 0 Å². The Morgan fingerprint density at radius 3 is 2.47 bits per heavy atom. The number of rotatable bonds is 5. The highest BCUT2D eigenvalue weighted by Gasteiger charge is 2.21. The van der Waals surface area contributed by atoms with Crippen LogP contribution in [0.15, 0.2) is 54.9 Å². The average Bonchev–Trinajstić information content (AvgIpc) is 3.18. The first-order valence-corrected chi connectivity index (χ1v) is 10.1. The fourth-order valence-corrected chi connectivity index (χ4v) is 3.72. The molecular weight excluding hydrogens is 386 g/mol. The van der Waals surface area contributed by atoms with Crippen molar-refractivity contribution < 1.29 is 13.6 Å². The molecule has 1 saturated heterocycles. The normalized spacial score (nSPS) is 15.3. The zero-order chi connectivity index (χ0) is 21.1. The maximum Gasteiger partial charge on any atom is 0.251 e. The molecule has 30 heavy (non-hydrogen) atoms. The van der Waals surface area contributed by atoms with E-state index in [0.29, 0.717) is 12.1 Å². The third-order valence-electron chi connectivity index (χ3n) is 5.42. The molecular formula is C23H24F2N4O. The topological polar surface area (TPSA) is 50.2 Å². The number of amides is 1. The smallest absolute Gasteiger partial charge is 0.251 e. The summed E-state index contributed by atoms with van der Waals surface area (Å²) >= 11 is 0. The molecule has 0 atom stereocenters. The second kappa shape index (κ2) is 8.75. The van der Waals surface area contributed by atoms with E-state index in [2.05, 4.69) is 15.3 Å². The SMILES string of the molecule is Cc1cnn(-c2ccc(C(=O)NC3CCN(Cc4ccc(F)c(F)c4)CC3)cc2)c1. The van der Waals surface area contributed by atoms with Crippen molar-refractivity contribution in [1.82, 2.24) is 20.0 Å². The predicted molar refractivity (Wildman–Crippen MR) is 110 cm³/mol. The van der Waals surface area contributed by atoms with Crippen LogP contribution in [0, 0.1) is 18.6 Å². The monoisotopic (exact) mass is 410 g/mol. The van der Waals surface area contributed by atoms with Crippen LogP contribution < -0.4 is 5.32 Å². The standard InChI is InChI=1S/C23H24F2N4O/c1-16-13-26-29(14-16)20-5-3-18(4-6-20)23(30)27-19-8-10-28(11-9-19)15-17-2-7-21(24)22(25)12-17/h2-7,12-14,19H,8-11,15H2,1H3,(H,27,30). The summed E-state index contributed by atoms with van der Waals surface area (Å²) in [7, 11) is 0. The van der Waals surface area contributed by atoms with Crippen LogP contribution >= 0.6 is 0 Å². The van der Waals surface area contributed by atoms with Gasteiger partial charge < -0.3 is 5.32 Å². The molecule has 156 valence electrons. The van der Waals surface area contributed by atoms with Gasteiger partial charge >= 0.3 is 0 Å². The lowest BCUT2D eigenvalue weighted by Gasteiger charge is -2.32. The van der Waals surface area contributed by atoms with E-state index in [1.54, 1.807) is 29.1 Å². The summed E-state index contributed by atoms with van der Waals surface area (Å²) in [6, 6.07) is 11.5. The zero-order valence-corrected chi connectivity index (χ0v) is 16.8. The number of halogens is 2. The first kappa shape index (κ1) is 20.2. The van der Waals surface area contributed by atoms with Crippen molar-refractivity contribution in [2.24, 2.45) is 0 Å². The minimum atomic E-state index is -0.826. The van der Waals surface area contributed by atoms with Crippen LogP contribution in [-0.2, 0) is 6.54 Å². The van der Waals surface area contributed by atoms with Crippen LogP contribution in [-0.4, -0.2) is 39.7 Å². The van der Waals surface area contributed by atoms with Crippen LogP contribution in [0.2, 0.25) is 0 Å². The molecule has 0 aliphatic carbocycles. The van der Waals surface area contributed by atoms with Gasteiger partial charge in [-0.05, 0) is 67.3 Å². The molecule has 1 aliphatic heterocycles. The molecule has 4 rings (SSSR count). The molecule has 2 aromatic carbocycles. The van der Waals surface area contributed by atoms with Gasteiger partial charge in [-0.25, -0.2) is 13.5 Å². The van der Waals surface area contributed by atoms with Gasteiger partial charge in [0.05, 0.1) is 11.9 Å². The minimum Gasteiger partial charge on any atom is -0.349 e. The highest BCUT2D eigenvalue weighted by atomic mass is 19.2. The fourth-order valence-electron chi connectivity index (χ4n) is 3.72. The third-order valence-corrected chi connectivity index (χ3v) is 5.42. The Kier molecular flexibility index (Phi) is 5.90. The summed E-state index contributed by atoms with van der Waals surface area (Å²) in [6.45, 7) is 4.14. The Balaban J connectivity index is 1.28. The van der Waals surface area contributed by atoms with Crippen LogP contribution in [0.1, 0.15) is 34.3 Å². The van der Waals surface area contributed by atoms with E-state index >= 15 is 0 Å². The summed E-state index contributed by atoms with van der Waals surface area (Å²) in [5.74, 6) is -1.73. The number of aryl methyl sites for hydroxylation is 1. The summed E-state index contributed by atoms with van der Waals surface area (Å²) < 4.78 is 28.2. The van der Waals surface area contributed by atoms with E-state index in [1.165, 1.54) is 6.07 Å². The zero-order valence-electron chi connectivity index (χ0n) is 16.8. The molecule has 1 fully saturated rings. The van der Waals surface area contributed by atoms with Gasteiger partial charge in [0.1, 0.15) is 0 Å². The number of aromatic nitrogens is 2.